The molecule has 0 fully saturated rings. The van der Waals surface area contributed by atoms with Gasteiger partial charge in [0.1, 0.15) is 6.61 Å². The van der Waals surface area contributed by atoms with Crippen LogP contribution in [0.3, 0.4) is 0 Å². The lowest BCUT2D eigenvalue weighted by Crippen LogP contribution is -2.48. The number of aliphatic hydroxyl groups is 1. The van der Waals surface area contributed by atoms with Gasteiger partial charge >= 0.3 is 0 Å². The number of thiophene rings is 1. The number of allylic oxidation sites excluding steroid dienone is 1. The maximum atomic E-state index is 13.5. The number of hydrogen-bond acceptors (Lipinski definition) is 7. The van der Waals surface area contributed by atoms with E-state index in [4.69, 9.17) is 14.2 Å². The summed E-state index contributed by atoms with van der Waals surface area (Å²) in [6.45, 7) is 6.42. The highest BCUT2D eigenvalue weighted by atomic mass is 32.1. The maximum absolute atomic E-state index is 13.5. The molecule has 0 saturated carbocycles. The van der Waals surface area contributed by atoms with Crippen molar-refractivity contribution in [3.8, 4) is 11.5 Å². The molecule has 0 unspecified atom stereocenters. The lowest BCUT2D eigenvalue weighted by atomic mass is 10.0. The number of nitrogens with zero attached hydrogens (tertiary/aromatic N) is 2. The van der Waals surface area contributed by atoms with Crippen molar-refractivity contribution >= 4 is 17.2 Å². The van der Waals surface area contributed by atoms with E-state index in [-0.39, 0.29) is 18.5 Å². The number of para-hydroxylation sites is 2. The average Bonchev–Trinajstić information content (AvgIpc) is 3.33. The number of hydrogen-bond donors (Lipinski definition) is 1. The molecule has 8 heteroatoms. The van der Waals surface area contributed by atoms with Crippen LogP contribution < -0.4 is 9.47 Å². The molecule has 2 aromatic rings. The van der Waals surface area contributed by atoms with Crippen LogP contribution in [0, 0.1) is 0 Å². The minimum absolute atomic E-state index is 0.0255. The number of fused-ring (bicyclic) bond motifs is 1. The highest BCUT2D eigenvalue weighted by Crippen LogP contribution is 2.35. The molecule has 0 bridgehead atoms. The van der Waals surface area contributed by atoms with Gasteiger partial charge in [0.15, 0.2) is 11.5 Å². The van der Waals surface area contributed by atoms with Crippen LogP contribution in [0.2, 0.25) is 0 Å². The van der Waals surface area contributed by atoms with Crippen molar-refractivity contribution in [1.29, 1.82) is 0 Å². The summed E-state index contributed by atoms with van der Waals surface area (Å²) in [4.78, 5) is 18.7. The first kappa shape index (κ1) is 26.2. The van der Waals surface area contributed by atoms with Crippen molar-refractivity contribution in [1.82, 2.24) is 9.80 Å². The van der Waals surface area contributed by atoms with E-state index in [0.29, 0.717) is 50.8 Å². The summed E-state index contributed by atoms with van der Waals surface area (Å²) >= 11 is 1.73. The molecule has 3 rings (SSSR count). The van der Waals surface area contributed by atoms with E-state index in [1.165, 1.54) is 4.88 Å². The van der Waals surface area contributed by atoms with Crippen molar-refractivity contribution in [3.05, 3.63) is 58.8 Å². The molecule has 0 aliphatic carbocycles. The Morgan fingerprint density at radius 2 is 2.12 bits per heavy atom. The van der Waals surface area contributed by atoms with Gasteiger partial charge in [0, 0.05) is 31.6 Å². The van der Waals surface area contributed by atoms with Gasteiger partial charge in [0.2, 0.25) is 5.91 Å². The third-order valence-corrected chi connectivity index (χ3v) is 7.02. The first-order chi connectivity index (χ1) is 16.6. The number of rotatable bonds is 14. The van der Waals surface area contributed by atoms with Gasteiger partial charge in [-0.05, 0) is 48.4 Å². The van der Waals surface area contributed by atoms with Crippen molar-refractivity contribution in [2.45, 2.75) is 31.4 Å². The highest BCUT2D eigenvalue weighted by molar-refractivity contribution is 7.10. The molecular weight excluding hydrogens is 452 g/mol. The zero-order chi connectivity index (χ0) is 24.3. The fourth-order valence-corrected chi connectivity index (χ4v) is 5.15. The van der Waals surface area contributed by atoms with Gasteiger partial charge in [0.05, 0.1) is 32.4 Å². The summed E-state index contributed by atoms with van der Waals surface area (Å²) in [5.41, 5.74) is 1.15. The second-order valence-electron chi connectivity index (χ2n) is 8.36. The molecule has 186 valence electrons. The van der Waals surface area contributed by atoms with E-state index in [2.05, 4.69) is 18.0 Å². The number of carbonyl (C=O) groups excluding carboxylic acids is 1. The quantitative estimate of drug-likeness (QED) is 0.410. The fraction of sp³-hybridized carbons (Fsp3) is 0.500. The molecule has 0 radical (unpaired) electrons. The Bertz CT molecular complexity index is 918. The Hall–Kier alpha value is -2.39. The Morgan fingerprint density at radius 3 is 2.85 bits per heavy atom. The van der Waals surface area contributed by atoms with Gasteiger partial charge in [-0.2, -0.15) is 0 Å². The fourth-order valence-electron chi connectivity index (χ4n) is 4.22. The minimum atomic E-state index is -0.517. The Labute approximate surface area is 206 Å². The summed E-state index contributed by atoms with van der Waals surface area (Å²) in [6.07, 6.45) is 3.48. The predicted molar refractivity (Wildman–Crippen MR) is 135 cm³/mol. The molecule has 1 amide bonds. The van der Waals surface area contributed by atoms with E-state index in [1.54, 1.807) is 31.6 Å². The summed E-state index contributed by atoms with van der Waals surface area (Å²) < 4.78 is 16.8. The van der Waals surface area contributed by atoms with Gasteiger partial charge in [-0.3, -0.25) is 9.69 Å². The Morgan fingerprint density at radius 1 is 1.32 bits per heavy atom. The third-order valence-electron chi connectivity index (χ3n) is 6.02. The molecule has 1 N–H and O–H groups in total. The Balaban J connectivity index is 1.72. The number of amides is 1. The standard InChI is InChI=1S/C26H36N2O5S/c1-4-5-8-20(29)17-27(14-15-31-2)18-26(30)28-13-11-25-21(12-16-34-25)22(28)19-33-24-10-7-6-9-23(24)32-3/h4,6-7,9-10,12,16,20,22,29H,1,5,8,11,13-15,17-19H2,2-3H3/t20-,22-/m1/s1. The first-order valence-electron chi connectivity index (χ1n) is 11.7. The minimum Gasteiger partial charge on any atom is -0.493 e. The molecule has 1 aliphatic rings. The monoisotopic (exact) mass is 488 g/mol. The third kappa shape index (κ3) is 7.06. The van der Waals surface area contributed by atoms with E-state index >= 15 is 0 Å². The largest absolute Gasteiger partial charge is 0.493 e. The first-order valence-corrected chi connectivity index (χ1v) is 12.6. The maximum Gasteiger partial charge on any atom is 0.237 e. The van der Waals surface area contributed by atoms with Gasteiger partial charge in [0.25, 0.3) is 0 Å². The number of ether oxygens (including phenoxy) is 3. The van der Waals surface area contributed by atoms with Crippen LogP contribution in [0.25, 0.3) is 0 Å². The van der Waals surface area contributed by atoms with E-state index in [1.807, 2.05) is 34.1 Å². The van der Waals surface area contributed by atoms with Crippen LogP contribution in [-0.4, -0.2) is 80.5 Å². The second-order valence-corrected chi connectivity index (χ2v) is 9.36. The van der Waals surface area contributed by atoms with Crippen LogP contribution in [0.15, 0.2) is 48.4 Å². The highest BCUT2D eigenvalue weighted by Gasteiger charge is 2.33. The molecule has 34 heavy (non-hydrogen) atoms. The Kier molecular flexibility index (Phi) is 10.4. The van der Waals surface area contributed by atoms with Gasteiger partial charge in [-0.25, -0.2) is 0 Å². The number of benzene rings is 1. The van der Waals surface area contributed by atoms with Gasteiger partial charge < -0.3 is 24.2 Å². The summed E-state index contributed by atoms with van der Waals surface area (Å²) in [6, 6.07) is 9.46. The molecule has 7 nitrogen and oxygen atoms in total. The van der Waals surface area contributed by atoms with E-state index in [0.717, 1.165) is 18.4 Å². The predicted octanol–water partition coefficient (Wildman–Crippen LogP) is 3.54. The van der Waals surface area contributed by atoms with Crippen molar-refractivity contribution in [3.63, 3.8) is 0 Å². The van der Waals surface area contributed by atoms with E-state index in [9.17, 15) is 9.90 Å². The lowest BCUT2D eigenvalue weighted by molar-refractivity contribution is -0.136. The summed E-state index contributed by atoms with van der Waals surface area (Å²) in [7, 11) is 3.26. The van der Waals surface area contributed by atoms with E-state index < -0.39 is 6.10 Å². The molecule has 2 heterocycles. The van der Waals surface area contributed by atoms with Crippen LogP contribution >= 0.6 is 11.3 Å². The zero-order valence-electron chi connectivity index (χ0n) is 20.2. The molecule has 2 atom stereocenters. The second kappa shape index (κ2) is 13.5. The SMILES string of the molecule is C=CCC[C@@H](O)CN(CCOC)CC(=O)N1CCc2sccc2[C@H]1COc1ccccc1OC. The lowest BCUT2D eigenvalue weighted by Gasteiger charge is -2.37. The summed E-state index contributed by atoms with van der Waals surface area (Å²) in [5, 5.41) is 12.5. The molecule has 0 saturated heterocycles. The summed E-state index contributed by atoms with van der Waals surface area (Å²) in [5.74, 6) is 1.35. The number of carbonyl (C=O) groups is 1. The molecule has 1 aliphatic heterocycles. The van der Waals surface area contributed by atoms with Crippen molar-refractivity contribution in [2.24, 2.45) is 0 Å². The molecule has 0 spiro atoms. The molecule has 1 aromatic carbocycles. The topological polar surface area (TPSA) is 71.5 Å². The zero-order valence-corrected chi connectivity index (χ0v) is 21.0. The van der Waals surface area contributed by atoms with Crippen molar-refractivity contribution in [2.75, 3.05) is 53.6 Å². The number of aliphatic hydroxyl groups excluding tert-OH is 1. The van der Waals surface area contributed by atoms with Crippen LogP contribution in [0.1, 0.15) is 29.3 Å². The van der Waals surface area contributed by atoms with Crippen molar-refractivity contribution < 1.29 is 24.1 Å². The molecule has 1 aromatic heterocycles. The molecular formula is C26H36N2O5S. The van der Waals surface area contributed by atoms with Gasteiger partial charge in [-0.1, -0.05) is 18.2 Å². The smallest absolute Gasteiger partial charge is 0.237 e. The van der Waals surface area contributed by atoms with Crippen LogP contribution in [-0.2, 0) is 16.0 Å². The number of methoxy groups -OCH3 is 2. The van der Waals surface area contributed by atoms with Gasteiger partial charge in [-0.15, -0.1) is 17.9 Å². The van der Waals surface area contributed by atoms with Crippen LogP contribution in [0.5, 0.6) is 11.5 Å². The normalized spacial score (nSPS) is 16.2. The van der Waals surface area contributed by atoms with Crippen LogP contribution in [0.4, 0.5) is 0 Å². The average molecular weight is 489 g/mol.